The summed E-state index contributed by atoms with van der Waals surface area (Å²) in [5.41, 5.74) is 0.329. The summed E-state index contributed by atoms with van der Waals surface area (Å²) in [6.45, 7) is -0.0238. The van der Waals surface area contributed by atoms with Gasteiger partial charge in [-0.2, -0.15) is 5.10 Å². The predicted octanol–water partition coefficient (Wildman–Crippen LogP) is -0.768. The van der Waals surface area contributed by atoms with Crippen molar-refractivity contribution < 1.29 is 23.1 Å². The van der Waals surface area contributed by atoms with E-state index in [1.165, 1.54) is 24.1 Å². The molecule has 1 aromatic heterocycles. The van der Waals surface area contributed by atoms with E-state index in [-0.39, 0.29) is 12.3 Å². The quantitative estimate of drug-likeness (QED) is 0.710. The van der Waals surface area contributed by atoms with Crippen LogP contribution >= 0.6 is 0 Å². The Hall–Kier alpha value is -2.10. The third-order valence-electron chi connectivity index (χ3n) is 2.72. The minimum Gasteiger partial charge on any atom is -0.479 e. The minimum absolute atomic E-state index is 0.0238. The van der Waals surface area contributed by atoms with Crippen molar-refractivity contribution in [1.29, 1.82) is 0 Å². The lowest BCUT2D eigenvalue weighted by Crippen LogP contribution is -2.43. The highest BCUT2D eigenvalue weighted by Gasteiger charge is 2.25. The first-order chi connectivity index (χ1) is 9.60. The SMILES string of the molecule is CN(CCS(C)(=O)=O)C(=O)NC(C(=O)O)c1cnn(C)c1. The molecule has 0 aliphatic heterocycles. The normalized spacial score (nSPS) is 12.7. The molecule has 0 aromatic carbocycles. The average molecular weight is 318 g/mol. The maximum Gasteiger partial charge on any atom is 0.331 e. The Balaban J connectivity index is 2.71. The van der Waals surface area contributed by atoms with Crippen molar-refractivity contribution >= 4 is 21.8 Å². The number of urea groups is 1. The van der Waals surface area contributed by atoms with Crippen molar-refractivity contribution in [3.63, 3.8) is 0 Å². The van der Waals surface area contributed by atoms with Crippen LogP contribution in [-0.2, 0) is 21.7 Å². The Labute approximate surface area is 122 Å². The van der Waals surface area contributed by atoms with Gasteiger partial charge in [-0.3, -0.25) is 4.68 Å². The number of carboxylic acids is 1. The molecule has 1 atom stereocenters. The molecule has 0 saturated carbocycles. The van der Waals surface area contributed by atoms with Gasteiger partial charge in [-0.05, 0) is 0 Å². The largest absolute Gasteiger partial charge is 0.479 e. The zero-order chi connectivity index (χ0) is 16.2. The number of aryl methyl sites for hydroxylation is 1. The molecule has 0 bridgehead atoms. The van der Waals surface area contributed by atoms with Gasteiger partial charge in [-0.15, -0.1) is 0 Å². The first kappa shape index (κ1) is 17.0. The number of amides is 2. The van der Waals surface area contributed by atoms with Gasteiger partial charge in [0.15, 0.2) is 6.04 Å². The summed E-state index contributed by atoms with van der Waals surface area (Å²) in [7, 11) is -0.179. The van der Waals surface area contributed by atoms with E-state index < -0.39 is 27.9 Å². The molecule has 10 heteroatoms. The molecule has 1 aromatic rings. The highest BCUT2D eigenvalue weighted by atomic mass is 32.2. The number of nitrogens with one attached hydrogen (secondary N) is 1. The second-order valence-corrected chi connectivity index (χ2v) is 6.98. The van der Waals surface area contributed by atoms with Crippen molar-refractivity contribution in [2.75, 3.05) is 25.6 Å². The number of aliphatic carboxylic acids is 1. The van der Waals surface area contributed by atoms with E-state index >= 15 is 0 Å². The van der Waals surface area contributed by atoms with E-state index in [1.54, 1.807) is 7.05 Å². The number of carbonyl (C=O) groups excluding carboxylic acids is 1. The second-order valence-electron chi connectivity index (χ2n) is 4.72. The van der Waals surface area contributed by atoms with Gasteiger partial charge >= 0.3 is 12.0 Å². The zero-order valence-corrected chi connectivity index (χ0v) is 12.8. The monoisotopic (exact) mass is 318 g/mol. The summed E-state index contributed by atoms with van der Waals surface area (Å²) >= 11 is 0. The molecule has 2 amide bonds. The van der Waals surface area contributed by atoms with Crippen LogP contribution in [0, 0.1) is 0 Å². The number of hydrogen-bond acceptors (Lipinski definition) is 5. The Morgan fingerprint density at radius 1 is 1.52 bits per heavy atom. The summed E-state index contributed by atoms with van der Waals surface area (Å²) in [6.07, 6.45) is 3.89. The molecule has 2 N–H and O–H groups in total. The van der Waals surface area contributed by atoms with Gasteiger partial charge in [0.05, 0.1) is 11.9 Å². The first-order valence-corrected chi connectivity index (χ1v) is 8.07. The van der Waals surface area contributed by atoms with Crippen molar-refractivity contribution in [2.24, 2.45) is 7.05 Å². The smallest absolute Gasteiger partial charge is 0.331 e. The van der Waals surface area contributed by atoms with Crippen LogP contribution in [-0.4, -0.2) is 65.8 Å². The number of nitrogens with zero attached hydrogens (tertiary/aromatic N) is 3. The lowest BCUT2D eigenvalue weighted by atomic mass is 10.1. The third kappa shape index (κ3) is 5.42. The molecular weight excluding hydrogens is 300 g/mol. The Kier molecular flexibility index (Phi) is 5.30. The number of carbonyl (C=O) groups is 2. The minimum atomic E-state index is -3.20. The molecule has 1 heterocycles. The second kappa shape index (κ2) is 6.57. The number of rotatable bonds is 6. The van der Waals surface area contributed by atoms with Gasteiger partial charge in [0.25, 0.3) is 0 Å². The molecule has 0 radical (unpaired) electrons. The first-order valence-electron chi connectivity index (χ1n) is 6.01. The average Bonchev–Trinajstić information content (AvgIpc) is 2.77. The molecule has 1 unspecified atom stereocenters. The van der Waals surface area contributed by atoms with Crippen LogP contribution < -0.4 is 5.32 Å². The van der Waals surface area contributed by atoms with Crippen molar-refractivity contribution in [3.05, 3.63) is 18.0 Å². The van der Waals surface area contributed by atoms with Gasteiger partial charge in [0, 0.05) is 38.7 Å². The molecule has 0 spiro atoms. The van der Waals surface area contributed by atoms with E-state index in [1.807, 2.05) is 0 Å². The molecule has 0 aliphatic rings. The molecule has 0 aliphatic carbocycles. The summed E-state index contributed by atoms with van der Waals surface area (Å²) in [5.74, 6) is -1.42. The van der Waals surface area contributed by atoms with Crippen LogP contribution in [0.3, 0.4) is 0 Å². The van der Waals surface area contributed by atoms with Crippen molar-refractivity contribution in [2.45, 2.75) is 6.04 Å². The van der Waals surface area contributed by atoms with Crippen molar-refractivity contribution in [3.8, 4) is 0 Å². The summed E-state index contributed by atoms with van der Waals surface area (Å²) in [6, 6.07) is -1.92. The van der Waals surface area contributed by atoms with Gasteiger partial charge in [-0.25, -0.2) is 18.0 Å². The molecule has 9 nitrogen and oxygen atoms in total. The fourth-order valence-corrected chi connectivity index (χ4v) is 2.12. The van der Waals surface area contributed by atoms with Crippen LogP contribution in [0.15, 0.2) is 12.4 Å². The Bertz CT molecular complexity index is 624. The van der Waals surface area contributed by atoms with Gasteiger partial charge in [0.1, 0.15) is 9.84 Å². The Morgan fingerprint density at radius 2 is 2.14 bits per heavy atom. The van der Waals surface area contributed by atoms with E-state index in [0.29, 0.717) is 5.56 Å². The summed E-state index contributed by atoms with van der Waals surface area (Å²) in [5, 5.41) is 15.3. The lowest BCUT2D eigenvalue weighted by Gasteiger charge is -2.20. The summed E-state index contributed by atoms with van der Waals surface area (Å²) in [4.78, 5) is 24.2. The Morgan fingerprint density at radius 3 is 2.57 bits per heavy atom. The third-order valence-corrected chi connectivity index (χ3v) is 3.64. The highest BCUT2D eigenvalue weighted by molar-refractivity contribution is 7.90. The lowest BCUT2D eigenvalue weighted by molar-refractivity contribution is -0.139. The topological polar surface area (TPSA) is 122 Å². The van der Waals surface area contributed by atoms with Crippen LogP contribution in [0.2, 0.25) is 0 Å². The summed E-state index contributed by atoms with van der Waals surface area (Å²) < 4.78 is 23.5. The van der Waals surface area contributed by atoms with Crippen LogP contribution in [0.25, 0.3) is 0 Å². The predicted molar refractivity (Wildman–Crippen MR) is 74.5 cm³/mol. The van der Waals surface area contributed by atoms with Gasteiger partial charge < -0.3 is 15.3 Å². The van der Waals surface area contributed by atoms with Gasteiger partial charge in [-0.1, -0.05) is 0 Å². The van der Waals surface area contributed by atoms with Crippen LogP contribution in [0.4, 0.5) is 4.79 Å². The van der Waals surface area contributed by atoms with Gasteiger partial charge in [0.2, 0.25) is 0 Å². The van der Waals surface area contributed by atoms with Crippen molar-refractivity contribution in [1.82, 2.24) is 20.0 Å². The maximum absolute atomic E-state index is 11.9. The van der Waals surface area contributed by atoms with E-state index in [0.717, 1.165) is 11.2 Å². The van der Waals surface area contributed by atoms with Crippen LogP contribution in [0.1, 0.15) is 11.6 Å². The van der Waals surface area contributed by atoms with E-state index in [4.69, 9.17) is 5.11 Å². The van der Waals surface area contributed by atoms with E-state index in [2.05, 4.69) is 10.4 Å². The molecular formula is C11H18N4O5S. The zero-order valence-electron chi connectivity index (χ0n) is 12.0. The maximum atomic E-state index is 11.9. The molecule has 118 valence electrons. The highest BCUT2D eigenvalue weighted by Crippen LogP contribution is 2.12. The molecule has 0 fully saturated rings. The number of carboxylic acid groups (broad SMARTS) is 1. The molecule has 0 saturated heterocycles. The molecule has 1 rings (SSSR count). The fourth-order valence-electron chi connectivity index (χ4n) is 1.51. The number of hydrogen-bond donors (Lipinski definition) is 2. The molecule has 21 heavy (non-hydrogen) atoms. The van der Waals surface area contributed by atoms with Crippen LogP contribution in [0.5, 0.6) is 0 Å². The van der Waals surface area contributed by atoms with E-state index in [9.17, 15) is 18.0 Å². The fraction of sp³-hybridized carbons (Fsp3) is 0.545. The standard InChI is InChI=1S/C11H18N4O5S/c1-14(4-5-21(3,19)20)11(18)13-9(10(16)17)8-6-12-15(2)7-8/h6-7,9H,4-5H2,1-3H3,(H,13,18)(H,16,17). The number of aromatic nitrogens is 2. The number of sulfone groups is 1.